The maximum absolute atomic E-state index is 13.1. The zero-order chi connectivity index (χ0) is 22.1. The maximum Gasteiger partial charge on any atom is 0.410 e. The van der Waals surface area contributed by atoms with Gasteiger partial charge in [-0.15, -0.1) is 0 Å². The summed E-state index contributed by atoms with van der Waals surface area (Å²) >= 11 is 0. The van der Waals surface area contributed by atoms with Gasteiger partial charge in [0, 0.05) is 25.0 Å². The Kier molecular flexibility index (Phi) is 6.34. The minimum absolute atomic E-state index is 0.203. The summed E-state index contributed by atoms with van der Waals surface area (Å²) in [6.45, 7) is 9.69. The van der Waals surface area contributed by atoms with E-state index in [0.717, 1.165) is 0 Å². The summed E-state index contributed by atoms with van der Waals surface area (Å²) in [7, 11) is 1.20. The van der Waals surface area contributed by atoms with Crippen LogP contribution in [0.3, 0.4) is 0 Å². The number of aliphatic carboxylic acids is 1. The Morgan fingerprint density at radius 2 is 1.72 bits per heavy atom. The summed E-state index contributed by atoms with van der Waals surface area (Å²) in [5, 5.41) is 12.1. The highest BCUT2D eigenvalue weighted by Gasteiger charge is 2.57. The van der Waals surface area contributed by atoms with E-state index < -0.39 is 47.2 Å². The van der Waals surface area contributed by atoms with E-state index in [4.69, 9.17) is 4.74 Å². The molecule has 2 N–H and O–H groups in total. The number of carbonyl (C=O) groups is 4. The van der Waals surface area contributed by atoms with E-state index in [9.17, 15) is 24.3 Å². The zero-order valence-electron chi connectivity index (χ0n) is 17.9. The van der Waals surface area contributed by atoms with Crippen LogP contribution in [0.1, 0.15) is 41.0 Å². The Labute approximate surface area is 170 Å². The Morgan fingerprint density at radius 1 is 1.14 bits per heavy atom. The summed E-state index contributed by atoms with van der Waals surface area (Å²) in [4.78, 5) is 51.5. The second-order valence-electron chi connectivity index (χ2n) is 9.22. The van der Waals surface area contributed by atoms with E-state index >= 15 is 0 Å². The summed E-state index contributed by atoms with van der Waals surface area (Å²) in [6.07, 6.45) is -0.957. The van der Waals surface area contributed by atoms with Gasteiger partial charge in [0.1, 0.15) is 17.7 Å². The van der Waals surface area contributed by atoms with Crippen LogP contribution in [0.4, 0.5) is 9.59 Å². The third-order valence-corrected chi connectivity index (χ3v) is 5.17. The molecule has 164 valence electrons. The lowest BCUT2D eigenvalue weighted by molar-refractivity contribution is -0.149. The smallest absolute Gasteiger partial charge is 0.410 e. The predicted molar refractivity (Wildman–Crippen MR) is 102 cm³/mol. The molecule has 0 aliphatic carbocycles. The normalized spacial score (nSPS) is 21.6. The van der Waals surface area contributed by atoms with Gasteiger partial charge in [-0.3, -0.25) is 4.79 Å². The van der Waals surface area contributed by atoms with Gasteiger partial charge in [-0.25, -0.2) is 14.4 Å². The van der Waals surface area contributed by atoms with Gasteiger partial charge < -0.3 is 29.7 Å². The van der Waals surface area contributed by atoms with Crippen molar-refractivity contribution in [3.05, 3.63) is 0 Å². The summed E-state index contributed by atoms with van der Waals surface area (Å²) in [5.74, 6) is -1.83. The molecule has 2 fully saturated rings. The summed E-state index contributed by atoms with van der Waals surface area (Å²) in [5.41, 5.74) is -1.10. The molecular formula is C19H31N3O7. The number of hydrogen-bond acceptors (Lipinski definition) is 6. The van der Waals surface area contributed by atoms with Crippen molar-refractivity contribution >= 4 is 24.1 Å². The van der Waals surface area contributed by atoms with E-state index in [-0.39, 0.29) is 18.9 Å². The monoisotopic (exact) mass is 413 g/mol. The number of carboxylic acids is 1. The van der Waals surface area contributed by atoms with Gasteiger partial charge in [0.15, 0.2) is 0 Å². The third-order valence-electron chi connectivity index (χ3n) is 5.17. The molecule has 0 aromatic rings. The number of nitrogens with zero attached hydrogens (tertiary/aromatic N) is 2. The van der Waals surface area contributed by atoms with Gasteiger partial charge in [0.2, 0.25) is 5.91 Å². The van der Waals surface area contributed by atoms with Crippen molar-refractivity contribution in [2.24, 2.45) is 11.3 Å². The first-order valence-corrected chi connectivity index (χ1v) is 9.64. The minimum Gasteiger partial charge on any atom is -0.480 e. The van der Waals surface area contributed by atoms with Crippen LogP contribution in [0.5, 0.6) is 0 Å². The summed E-state index contributed by atoms with van der Waals surface area (Å²) < 4.78 is 9.92. The first kappa shape index (κ1) is 22.8. The number of likely N-dealkylation sites (tertiary alicyclic amines) is 2. The van der Waals surface area contributed by atoms with Crippen LogP contribution in [0.25, 0.3) is 0 Å². The minimum atomic E-state index is -1.11. The molecule has 2 aliphatic rings. The molecule has 3 amide bonds. The van der Waals surface area contributed by atoms with Gasteiger partial charge in [-0.2, -0.15) is 0 Å². The van der Waals surface area contributed by atoms with Gasteiger partial charge in [-0.1, -0.05) is 13.8 Å². The highest BCUT2D eigenvalue weighted by atomic mass is 16.6. The number of carboxylic acid groups (broad SMARTS) is 1. The Hall–Kier alpha value is -2.52. The molecule has 10 heteroatoms. The Morgan fingerprint density at radius 3 is 2.17 bits per heavy atom. The molecule has 0 bridgehead atoms. The molecule has 0 saturated carbocycles. The first-order valence-electron chi connectivity index (χ1n) is 9.64. The molecule has 2 unspecified atom stereocenters. The molecule has 2 atom stereocenters. The molecular weight excluding hydrogens is 382 g/mol. The van der Waals surface area contributed by atoms with Crippen LogP contribution in [-0.4, -0.2) is 83.4 Å². The van der Waals surface area contributed by atoms with Crippen molar-refractivity contribution in [3.8, 4) is 0 Å². The lowest BCUT2D eigenvalue weighted by atomic mass is 9.78. The summed E-state index contributed by atoms with van der Waals surface area (Å²) in [6, 6.07) is -1.91. The van der Waals surface area contributed by atoms with Crippen molar-refractivity contribution in [2.45, 2.75) is 58.7 Å². The van der Waals surface area contributed by atoms with Gasteiger partial charge in [0.25, 0.3) is 0 Å². The predicted octanol–water partition coefficient (Wildman–Crippen LogP) is 1.29. The largest absolute Gasteiger partial charge is 0.480 e. The van der Waals surface area contributed by atoms with Crippen molar-refractivity contribution in [3.63, 3.8) is 0 Å². The lowest BCUT2D eigenvalue weighted by Crippen LogP contribution is -2.61. The fourth-order valence-corrected chi connectivity index (χ4v) is 3.83. The molecule has 2 rings (SSSR count). The second-order valence-corrected chi connectivity index (χ2v) is 9.22. The van der Waals surface area contributed by atoms with Gasteiger partial charge >= 0.3 is 18.2 Å². The molecule has 0 aromatic heterocycles. The number of ether oxygens (including phenoxy) is 2. The zero-order valence-corrected chi connectivity index (χ0v) is 17.9. The van der Waals surface area contributed by atoms with Crippen LogP contribution < -0.4 is 5.32 Å². The number of methoxy groups -OCH3 is 1. The van der Waals surface area contributed by atoms with Crippen LogP contribution in [-0.2, 0) is 19.1 Å². The first-order chi connectivity index (χ1) is 13.3. The number of rotatable bonds is 4. The average Bonchev–Trinajstić information content (AvgIpc) is 2.97. The quantitative estimate of drug-likeness (QED) is 0.711. The van der Waals surface area contributed by atoms with Crippen molar-refractivity contribution in [1.29, 1.82) is 0 Å². The molecule has 10 nitrogen and oxygen atoms in total. The topological polar surface area (TPSA) is 125 Å². The van der Waals surface area contributed by atoms with E-state index in [1.165, 1.54) is 16.9 Å². The molecule has 29 heavy (non-hydrogen) atoms. The molecule has 2 aliphatic heterocycles. The van der Waals surface area contributed by atoms with Crippen molar-refractivity contribution < 1.29 is 33.8 Å². The number of amides is 3. The Balaban J connectivity index is 2.11. The van der Waals surface area contributed by atoms with Crippen molar-refractivity contribution in [1.82, 2.24) is 15.1 Å². The molecule has 1 spiro atoms. The number of hydrogen-bond donors (Lipinski definition) is 2. The fraction of sp³-hybridized carbons (Fsp3) is 0.789. The van der Waals surface area contributed by atoms with E-state index in [1.807, 2.05) is 0 Å². The standard InChI is InChI=1S/C19H31N3O7/c1-11(2)13(20-16(26)28-6)14(23)22-10-19(7-12(22)15(24)25)8-21(9-19)17(27)29-18(3,4)5/h11-13H,7-10H2,1-6H3,(H,20,26)(H,24,25). The maximum atomic E-state index is 13.1. The van der Waals surface area contributed by atoms with E-state index in [0.29, 0.717) is 13.1 Å². The van der Waals surface area contributed by atoms with Crippen LogP contribution in [0.15, 0.2) is 0 Å². The fourth-order valence-electron chi connectivity index (χ4n) is 3.83. The molecule has 2 heterocycles. The molecule has 0 radical (unpaired) electrons. The van der Waals surface area contributed by atoms with Crippen LogP contribution in [0.2, 0.25) is 0 Å². The highest BCUT2D eigenvalue weighted by Crippen LogP contribution is 2.43. The van der Waals surface area contributed by atoms with E-state index in [1.54, 1.807) is 34.6 Å². The van der Waals surface area contributed by atoms with Crippen molar-refractivity contribution in [2.75, 3.05) is 26.7 Å². The van der Waals surface area contributed by atoms with E-state index in [2.05, 4.69) is 10.1 Å². The molecule has 0 aromatic carbocycles. The average molecular weight is 413 g/mol. The molecule has 2 saturated heterocycles. The number of nitrogens with one attached hydrogen (secondary N) is 1. The van der Waals surface area contributed by atoms with Gasteiger partial charge in [-0.05, 0) is 33.1 Å². The lowest BCUT2D eigenvalue weighted by Gasteiger charge is -2.47. The number of carbonyl (C=O) groups excluding carboxylic acids is 3. The van der Waals surface area contributed by atoms with Crippen LogP contribution >= 0.6 is 0 Å². The SMILES string of the molecule is COC(=O)NC(C(=O)N1CC2(CC1C(=O)O)CN(C(=O)OC(C)(C)C)C2)C(C)C. The third kappa shape index (κ3) is 5.10. The Bertz CT molecular complexity index is 680. The van der Waals surface area contributed by atoms with Crippen LogP contribution in [0, 0.1) is 11.3 Å². The number of alkyl carbamates (subject to hydrolysis) is 1. The van der Waals surface area contributed by atoms with Gasteiger partial charge in [0.05, 0.1) is 7.11 Å². The highest BCUT2D eigenvalue weighted by molar-refractivity contribution is 5.90. The second kappa shape index (κ2) is 8.08.